The molecule has 0 atom stereocenters. The minimum absolute atomic E-state index is 0.00448. The Balaban J connectivity index is 1.60. The van der Waals surface area contributed by atoms with Gasteiger partial charge < -0.3 is 4.57 Å². The summed E-state index contributed by atoms with van der Waals surface area (Å²) < 4.78 is 2.02. The molecule has 5 rings (SSSR count). The van der Waals surface area contributed by atoms with E-state index in [4.69, 9.17) is 12.2 Å². The van der Waals surface area contributed by atoms with Gasteiger partial charge in [0.15, 0.2) is 5.11 Å². The molecule has 0 radical (unpaired) electrons. The van der Waals surface area contributed by atoms with E-state index in [1.54, 1.807) is 12.1 Å². The van der Waals surface area contributed by atoms with Gasteiger partial charge >= 0.3 is 0 Å². The lowest BCUT2D eigenvalue weighted by Gasteiger charge is -2.30. The van der Waals surface area contributed by atoms with Crippen LogP contribution in [-0.2, 0) is 16.1 Å². The molecule has 36 heavy (non-hydrogen) atoms. The zero-order chi connectivity index (χ0) is 25.4. The number of fused-ring (bicyclic) bond motifs is 1. The van der Waals surface area contributed by atoms with E-state index in [0.29, 0.717) is 17.8 Å². The molecule has 7 heteroatoms. The number of aryl methyl sites for hydroxylation is 2. The monoisotopic (exact) mass is 490 g/mol. The number of nitrogens with zero attached hydrogens (tertiary/aromatic N) is 3. The number of rotatable bonds is 4. The van der Waals surface area contributed by atoms with Crippen molar-refractivity contribution in [2.24, 2.45) is 0 Å². The van der Waals surface area contributed by atoms with Crippen LogP contribution >= 0.6 is 12.2 Å². The Morgan fingerprint density at radius 2 is 1.78 bits per heavy atom. The van der Waals surface area contributed by atoms with Crippen molar-refractivity contribution in [3.05, 3.63) is 106 Å². The van der Waals surface area contributed by atoms with Crippen LogP contribution in [-0.4, -0.2) is 21.5 Å². The maximum atomic E-state index is 13.6. The zero-order valence-corrected chi connectivity index (χ0v) is 20.6. The lowest BCUT2D eigenvalue weighted by molar-refractivity contribution is -0.122. The van der Waals surface area contributed by atoms with Crippen LogP contribution in [0.5, 0.6) is 0 Å². The third-order valence-corrected chi connectivity index (χ3v) is 6.59. The van der Waals surface area contributed by atoms with Crippen molar-refractivity contribution in [2.75, 3.05) is 4.90 Å². The molecule has 3 aromatic carbocycles. The maximum absolute atomic E-state index is 13.6. The quantitative estimate of drug-likeness (QED) is 0.248. The minimum atomic E-state index is -0.529. The molecule has 1 aliphatic heterocycles. The molecule has 1 saturated heterocycles. The zero-order valence-electron chi connectivity index (χ0n) is 19.8. The van der Waals surface area contributed by atoms with Crippen LogP contribution in [0.3, 0.4) is 0 Å². The van der Waals surface area contributed by atoms with Crippen LogP contribution < -0.4 is 10.2 Å². The van der Waals surface area contributed by atoms with E-state index < -0.39 is 11.8 Å². The fourth-order valence-corrected chi connectivity index (χ4v) is 4.74. The van der Waals surface area contributed by atoms with Gasteiger partial charge in [-0.05, 0) is 67.0 Å². The maximum Gasteiger partial charge on any atom is 0.270 e. The van der Waals surface area contributed by atoms with Crippen molar-refractivity contribution in [2.45, 2.75) is 20.4 Å². The molecule has 1 fully saturated rings. The molecule has 0 spiro atoms. The predicted octanol–water partition coefficient (Wildman–Crippen LogP) is 5.01. The Morgan fingerprint density at radius 1 is 1.03 bits per heavy atom. The normalized spacial score (nSPS) is 14.9. The number of anilines is 1. The second-order valence-electron chi connectivity index (χ2n) is 8.75. The Bertz CT molecular complexity index is 1640. The number of carbonyl (C=O) groups is 2. The van der Waals surface area contributed by atoms with E-state index in [1.807, 2.05) is 85.3 Å². The van der Waals surface area contributed by atoms with Gasteiger partial charge in [-0.25, -0.2) is 0 Å². The molecule has 0 bridgehead atoms. The Kier molecular flexibility index (Phi) is 5.96. The lowest BCUT2D eigenvalue weighted by atomic mass is 10.0. The van der Waals surface area contributed by atoms with Crippen molar-refractivity contribution in [1.29, 1.82) is 5.26 Å². The van der Waals surface area contributed by atoms with Gasteiger partial charge in [0.2, 0.25) is 0 Å². The average Bonchev–Trinajstić information content (AvgIpc) is 3.21. The topological polar surface area (TPSA) is 78.1 Å². The summed E-state index contributed by atoms with van der Waals surface area (Å²) in [6.45, 7) is 4.32. The molecule has 0 saturated carbocycles. The van der Waals surface area contributed by atoms with Crippen LogP contribution in [0.15, 0.2) is 78.5 Å². The first-order valence-corrected chi connectivity index (χ1v) is 11.8. The van der Waals surface area contributed by atoms with Gasteiger partial charge in [0.05, 0.1) is 17.3 Å². The van der Waals surface area contributed by atoms with Crippen molar-refractivity contribution in [1.82, 2.24) is 9.88 Å². The third kappa shape index (κ3) is 4.08. The van der Waals surface area contributed by atoms with Gasteiger partial charge in [-0.3, -0.25) is 19.8 Å². The highest BCUT2D eigenvalue weighted by Gasteiger charge is 2.35. The Labute approximate surface area is 214 Å². The number of nitrogens with one attached hydrogen (secondary N) is 1. The van der Waals surface area contributed by atoms with E-state index in [0.717, 1.165) is 33.2 Å². The number of aromatic nitrogens is 1. The highest BCUT2D eigenvalue weighted by molar-refractivity contribution is 7.80. The molecule has 0 unspecified atom stereocenters. The Hall–Kier alpha value is -4.54. The molecule has 176 valence electrons. The predicted molar refractivity (Wildman–Crippen MR) is 144 cm³/mol. The fourth-order valence-electron chi connectivity index (χ4n) is 4.46. The number of carbonyl (C=O) groups excluding carboxylic acids is 2. The molecular weight excluding hydrogens is 468 g/mol. The summed E-state index contributed by atoms with van der Waals surface area (Å²) in [4.78, 5) is 27.9. The molecule has 2 heterocycles. The third-order valence-electron chi connectivity index (χ3n) is 6.30. The van der Waals surface area contributed by atoms with Gasteiger partial charge in [0.1, 0.15) is 5.57 Å². The van der Waals surface area contributed by atoms with Gasteiger partial charge in [-0.2, -0.15) is 5.26 Å². The molecular formula is C29H22N4O2S. The smallest absolute Gasteiger partial charge is 0.270 e. The number of benzene rings is 3. The second kappa shape index (κ2) is 9.25. The number of hydrogen-bond acceptors (Lipinski definition) is 4. The summed E-state index contributed by atoms with van der Waals surface area (Å²) in [6.07, 6.45) is 3.52. The molecule has 4 aromatic rings. The second-order valence-corrected chi connectivity index (χ2v) is 9.13. The summed E-state index contributed by atoms with van der Waals surface area (Å²) in [5.41, 5.74) is 5.66. The highest BCUT2D eigenvalue weighted by Crippen LogP contribution is 2.29. The van der Waals surface area contributed by atoms with Crippen molar-refractivity contribution >= 4 is 51.8 Å². The van der Waals surface area contributed by atoms with Gasteiger partial charge in [0.25, 0.3) is 11.8 Å². The molecule has 1 aromatic heterocycles. The van der Waals surface area contributed by atoms with Crippen LogP contribution in [0.1, 0.15) is 27.8 Å². The number of amides is 2. The number of hydrogen-bond donors (Lipinski definition) is 1. The summed E-state index contributed by atoms with van der Waals surface area (Å²) >= 11 is 5.38. The van der Waals surface area contributed by atoms with E-state index in [9.17, 15) is 14.9 Å². The van der Waals surface area contributed by atoms with Crippen LogP contribution in [0.25, 0.3) is 17.0 Å². The Morgan fingerprint density at radius 3 is 2.58 bits per heavy atom. The van der Waals surface area contributed by atoms with E-state index in [1.165, 1.54) is 4.90 Å². The largest absolute Gasteiger partial charge is 0.342 e. The SMILES string of the molecule is Cc1ccc(C)c(N2C(=O)C(=Cc3cn(Cc4ccccc4C#N)c4ccccc34)C(=O)NC2=S)c1. The van der Waals surface area contributed by atoms with E-state index in [2.05, 4.69) is 11.4 Å². The number of para-hydroxylation sites is 1. The molecule has 6 nitrogen and oxygen atoms in total. The molecule has 2 amide bonds. The number of thiocarbonyl (C=S) groups is 1. The minimum Gasteiger partial charge on any atom is -0.342 e. The van der Waals surface area contributed by atoms with Crippen LogP contribution in [0, 0.1) is 25.2 Å². The lowest BCUT2D eigenvalue weighted by Crippen LogP contribution is -2.54. The first-order chi connectivity index (χ1) is 17.4. The van der Waals surface area contributed by atoms with Crippen LogP contribution in [0.2, 0.25) is 0 Å². The van der Waals surface area contributed by atoms with Crippen molar-refractivity contribution in [3.8, 4) is 6.07 Å². The summed E-state index contributed by atoms with van der Waals surface area (Å²) in [5, 5.41) is 13.1. The van der Waals surface area contributed by atoms with Crippen LogP contribution in [0.4, 0.5) is 5.69 Å². The standard InChI is InChI=1S/C29H22N4O2S/c1-18-11-12-19(2)26(13-18)33-28(35)24(27(34)31-29(33)36)14-22-17-32(25-10-6-5-9-23(22)25)16-21-8-4-3-7-20(21)15-30/h3-14,17H,16H2,1-2H3,(H,31,34,36). The molecule has 1 N–H and O–H groups in total. The fraction of sp³-hybridized carbons (Fsp3) is 0.103. The first-order valence-electron chi connectivity index (χ1n) is 11.4. The first kappa shape index (κ1) is 23.2. The summed E-state index contributed by atoms with van der Waals surface area (Å²) in [7, 11) is 0. The summed E-state index contributed by atoms with van der Waals surface area (Å²) in [5.74, 6) is -0.998. The summed E-state index contributed by atoms with van der Waals surface area (Å²) in [6, 6.07) is 23.2. The van der Waals surface area contributed by atoms with E-state index >= 15 is 0 Å². The molecule has 1 aliphatic rings. The highest BCUT2D eigenvalue weighted by atomic mass is 32.1. The van der Waals surface area contributed by atoms with Gasteiger partial charge in [-0.1, -0.05) is 48.5 Å². The average molecular weight is 491 g/mol. The van der Waals surface area contributed by atoms with Gasteiger partial charge in [0, 0.05) is 29.2 Å². The van der Waals surface area contributed by atoms with Crippen molar-refractivity contribution in [3.63, 3.8) is 0 Å². The van der Waals surface area contributed by atoms with Crippen molar-refractivity contribution < 1.29 is 9.59 Å². The number of nitriles is 1. The van der Waals surface area contributed by atoms with E-state index in [-0.39, 0.29) is 10.7 Å². The molecule has 0 aliphatic carbocycles. The van der Waals surface area contributed by atoms with Gasteiger partial charge in [-0.15, -0.1) is 0 Å².